The van der Waals surface area contributed by atoms with Gasteiger partial charge in [0.1, 0.15) is 5.82 Å². The Labute approximate surface area is 107 Å². The molecule has 1 fully saturated rings. The molecule has 5 nitrogen and oxygen atoms in total. The van der Waals surface area contributed by atoms with Gasteiger partial charge in [0, 0.05) is 32.1 Å². The number of aromatic nitrogens is 3. The molecule has 3 heterocycles. The molecule has 0 spiro atoms. The van der Waals surface area contributed by atoms with Gasteiger partial charge in [0.25, 0.3) is 0 Å². The highest BCUT2D eigenvalue weighted by Gasteiger charge is 2.25. The van der Waals surface area contributed by atoms with Gasteiger partial charge in [-0.15, -0.1) is 0 Å². The maximum Gasteiger partial charge on any atom is 0.151 e. The molecule has 2 aliphatic heterocycles. The smallest absolute Gasteiger partial charge is 0.151 e. The van der Waals surface area contributed by atoms with E-state index in [0.717, 1.165) is 63.5 Å². The second-order valence-electron chi connectivity index (χ2n) is 5.39. The summed E-state index contributed by atoms with van der Waals surface area (Å²) in [6, 6.07) is 0. The first-order valence-corrected chi connectivity index (χ1v) is 6.99. The molecule has 5 heteroatoms. The van der Waals surface area contributed by atoms with Crippen LogP contribution in [0.2, 0.25) is 0 Å². The van der Waals surface area contributed by atoms with Gasteiger partial charge in [-0.05, 0) is 31.6 Å². The fourth-order valence-corrected chi connectivity index (χ4v) is 2.95. The third-order valence-electron chi connectivity index (χ3n) is 4.06. The summed E-state index contributed by atoms with van der Waals surface area (Å²) < 4.78 is 7.37. The van der Waals surface area contributed by atoms with E-state index in [9.17, 15) is 5.11 Å². The van der Waals surface area contributed by atoms with Gasteiger partial charge < -0.3 is 9.84 Å². The molecule has 18 heavy (non-hydrogen) atoms. The third kappa shape index (κ3) is 2.42. The fraction of sp³-hybridized carbons (Fsp3) is 0.846. The quantitative estimate of drug-likeness (QED) is 0.874. The van der Waals surface area contributed by atoms with E-state index in [0.29, 0.717) is 5.92 Å². The molecule has 0 amide bonds. The first-order valence-electron chi connectivity index (χ1n) is 6.99. The van der Waals surface area contributed by atoms with Gasteiger partial charge in [-0.2, -0.15) is 5.10 Å². The van der Waals surface area contributed by atoms with E-state index >= 15 is 0 Å². The molecule has 0 saturated carbocycles. The molecule has 0 aromatic carbocycles. The minimum absolute atomic E-state index is 0.190. The molecule has 1 saturated heterocycles. The maximum atomic E-state index is 9.37. The minimum atomic E-state index is 0.190. The van der Waals surface area contributed by atoms with Gasteiger partial charge >= 0.3 is 0 Å². The van der Waals surface area contributed by atoms with E-state index in [-0.39, 0.29) is 12.5 Å². The Bertz CT molecular complexity index is 399. The molecule has 1 aromatic rings. The van der Waals surface area contributed by atoms with Crippen molar-refractivity contribution in [3.8, 4) is 0 Å². The van der Waals surface area contributed by atoms with Gasteiger partial charge in [-0.25, -0.2) is 9.67 Å². The van der Waals surface area contributed by atoms with E-state index in [2.05, 4.69) is 10.1 Å². The van der Waals surface area contributed by atoms with E-state index in [1.165, 1.54) is 0 Å². The molecule has 3 rings (SSSR count). The van der Waals surface area contributed by atoms with Gasteiger partial charge in [0.05, 0.1) is 6.61 Å². The van der Waals surface area contributed by atoms with Crippen LogP contribution in [0.15, 0.2) is 0 Å². The Hall–Kier alpha value is -0.940. The van der Waals surface area contributed by atoms with Crippen LogP contribution in [0.25, 0.3) is 0 Å². The Morgan fingerprint density at radius 3 is 2.89 bits per heavy atom. The van der Waals surface area contributed by atoms with Crippen molar-refractivity contribution in [1.29, 1.82) is 0 Å². The Balaban J connectivity index is 1.71. The van der Waals surface area contributed by atoms with E-state index in [1.807, 2.05) is 4.68 Å². The predicted octanol–water partition coefficient (Wildman–Crippen LogP) is 1.12. The van der Waals surface area contributed by atoms with Crippen molar-refractivity contribution in [3.63, 3.8) is 0 Å². The lowest BCUT2D eigenvalue weighted by molar-refractivity contribution is 0.0659. The van der Waals surface area contributed by atoms with Crippen molar-refractivity contribution in [3.05, 3.63) is 11.6 Å². The van der Waals surface area contributed by atoms with Crippen molar-refractivity contribution in [2.45, 2.75) is 44.6 Å². The summed E-state index contributed by atoms with van der Waals surface area (Å²) in [5.74, 6) is 2.80. The molecule has 1 N–H and O–H groups in total. The number of aryl methyl sites for hydroxylation is 1. The molecule has 0 bridgehead atoms. The number of fused-ring (bicyclic) bond motifs is 1. The largest absolute Gasteiger partial charge is 0.396 e. The highest BCUT2D eigenvalue weighted by molar-refractivity contribution is 5.03. The number of hydrogen-bond donors (Lipinski definition) is 1. The Kier molecular flexibility index (Phi) is 3.61. The molecule has 100 valence electrons. The molecule has 0 radical (unpaired) electrons. The zero-order chi connectivity index (χ0) is 12.4. The van der Waals surface area contributed by atoms with Crippen molar-refractivity contribution in [1.82, 2.24) is 14.8 Å². The summed E-state index contributed by atoms with van der Waals surface area (Å²) in [4.78, 5) is 4.65. The van der Waals surface area contributed by atoms with Crippen molar-refractivity contribution >= 4 is 0 Å². The van der Waals surface area contributed by atoms with Crippen LogP contribution < -0.4 is 0 Å². The summed E-state index contributed by atoms with van der Waals surface area (Å²) in [5, 5.41) is 14.0. The number of nitrogens with zero attached hydrogens (tertiary/aromatic N) is 3. The lowest BCUT2D eigenvalue weighted by Crippen LogP contribution is -2.19. The van der Waals surface area contributed by atoms with Crippen LogP contribution in [0.5, 0.6) is 0 Å². The highest BCUT2D eigenvalue weighted by atomic mass is 16.5. The van der Waals surface area contributed by atoms with Crippen LogP contribution >= 0.6 is 0 Å². The van der Waals surface area contributed by atoms with Crippen LogP contribution in [-0.4, -0.2) is 39.7 Å². The van der Waals surface area contributed by atoms with Gasteiger partial charge in [0.2, 0.25) is 0 Å². The standard InChI is InChI=1S/C13H21N3O2/c17-9-11-2-1-5-16-13(11)14-12(15-16)8-10-3-6-18-7-4-10/h10-11,17H,1-9H2. The topological polar surface area (TPSA) is 60.2 Å². The molecule has 1 aromatic heterocycles. The van der Waals surface area contributed by atoms with Crippen molar-refractivity contribution < 1.29 is 9.84 Å². The van der Waals surface area contributed by atoms with Crippen LogP contribution in [0, 0.1) is 5.92 Å². The number of ether oxygens (including phenoxy) is 1. The normalized spacial score (nSPS) is 25.1. The van der Waals surface area contributed by atoms with Crippen molar-refractivity contribution in [2.75, 3.05) is 19.8 Å². The van der Waals surface area contributed by atoms with Crippen LogP contribution in [0.3, 0.4) is 0 Å². The first kappa shape index (κ1) is 12.1. The van der Waals surface area contributed by atoms with Crippen LogP contribution in [0.4, 0.5) is 0 Å². The lowest BCUT2D eigenvalue weighted by Gasteiger charge is -2.20. The summed E-state index contributed by atoms with van der Waals surface area (Å²) in [7, 11) is 0. The van der Waals surface area contributed by atoms with Crippen LogP contribution in [-0.2, 0) is 17.7 Å². The van der Waals surface area contributed by atoms with Crippen LogP contribution in [0.1, 0.15) is 43.3 Å². The zero-order valence-corrected chi connectivity index (χ0v) is 10.7. The fourth-order valence-electron chi connectivity index (χ4n) is 2.95. The van der Waals surface area contributed by atoms with Gasteiger partial charge in [0.15, 0.2) is 5.82 Å². The Morgan fingerprint density at radius 1 is 1.28 bits per heavy atom. The summed E-state index contributed by atoms with van der Waals surface area (Å²) in [6.07, 6.45) is 5.33. The first-order chi connectivity index (χ1) is 8.86. The average molecular weight is 251 g/mol. The lowest BCUT2D eigenvalue weighted by atomic mass is 9.96. The highest BCUT2D eigenvalue weighted by Crippen LogP contribution is 2.26. The van der Waals surface area contributed by atoms with Crippen molar-refractivity contribution in [2.24, 2.45) is 5.92 Å². The predicted molar refractivity (Wildman–Crippen MR) is 66.3 cm³/mol. The second kappa shape index (κ2) is 5.36. The number of aliphatic hydroxyl groups is 1. The molecule has 1 unspecified atom stereocenters. The van der Waals surface area contributed by atoms with Gasteiger partial charge in [-0.1, -0.05) is 0 Å². The summed E-state index contributed by atoms with van der Waals surface area (Å²) >= 11 is 0. The minimum Gasteiger partial charge on any atom is -0.396 e. The summed E-state index contributed by atoms with van der Waals surface area (Å²) in [6.45, 7) is 2.89. The maximum absolute atomic E-state index is 9.37. The van der Waals surface area contributed by atoms with E-state index in [4.69, 9.17) is 4.74 Å². The monoisotopic (exact) mass is 251 g/mol. The Morgan fingerprint density at radius 2 is 2.11 bits per heavy atom. The second-order valence-corrected chi connectivity index (χ2v) is 5.39. The molecular formula is C13H21N3O2. The van der Waals surface area contributed by atoms with E-state index in [1.54, 1.807) is 0 Å². The molecule has 2 aliphatic rings. The van der Waals surface area contributed by atoms with E-state index < -0.39 is 0 Å². The van der Waals surface area contributed by atoms with Gasteiger partial charge in [-0.3, -0.25) is 0 Å². The summed E-state index contributed by atoms with van der Waals surface area (Å²) in [5.41, 5.74) is 0. The average Bonchev–Trinajstić information content (AvgIpc) is 2.82. The zero-order valence-electron chi connectivity index (χ0n) is 10.7. The number of hydrogen-bond acceptors (Lipinski definition) is 4. The molecular weight excluding hydrogens is 230 g/mol. The molecule has 1 atom stereocenters. The number of rotatable bonds is 3. The number of aliphatic hydroxyl groups excluding tert-OH is 1. The third-order valence-corrected chi connectivity index (χ3v) is 4.06. The molecule has 0 aliphatic carbocycles. The SMILES string of the molecule is OCC1CCCn2nc(CC3CCOCC3)nc21.